The van der Waals surface area contributed by atoms with Crippen LogP contribution in [0, 0.1) is 0 Å². The van der Waals surface area contributed by atoms with E-state index in [0.29, 0.717) is 11.1 Å². The monoisotopic (exact) mass is 263 g/mol. The van der Waals surface area contributed by atoms with E-state index in [1.807, 2.05) is 42.5 Å². The molecule has 0 amide bonds. The van der Waals surface area contributed by atoms with Gasteiger partial charge in [0.25, 0.3) is 0 Å². The highest BCUT2D eigenvalue weighted by Crippen LogP contribution is 2.23. The molecule has 0 saturated carbocycles. The van der Waals surface area contributed by atoms with Crippen LogP contribution in [0.3, 0.4) is 0 Å². The highest BCUT2D eigenvalue weighted by atomic mass is 16.2. The number of nitrogens with zero attached hydrogens (tertiary/aromatic N) is 1. The number of hydrogen-bond donors (Lipinski definition) is 0. The minimum atomic E-state index is -0.103. The van der Waals surface area contributed by atoms with Crippen LogP contribution in [0.4, 0.5) is 0 Å². The average Bonchev–Trinajstić information content (AvgIpc) is 2.87. The molecule has 3 aromatic rings. The largest absolute Gasteiger partial charge is 0.289 e. The fourth-order valence-corrected chi connectivity index (χ4v) is 2.37. The van der Waals surface area contributed by atoms with Crippen LogP contribution in [0.25, 0.3) is 10.9 Å². The van der Waals surface area contributed by atoms with Crippen molar-refractivity contribution in [1.82, 2.24) is 4.57 Å². The number of carbonyl (C=O) groups is 2. The summed E-state index contributed by atoms with van der Waals surface area (Å²) in [7, 11) is 0. The summed E-state index contributed by atoms with van der Waals surface area (Å²) in [6.07, 6.45) is 1.63. The van der Waals surface area contributed by atoms with E-state index in [-0.39, 0.29) is 11.7 Å². The van der Waals surface area contributed by atoms with Gasteiger partial charge in [0.1, 0.15) is 0 Å². The summed E-state index contributed by atoms with van der Waals surface area (Å²) in [6.45, 7) is 1.49. The van der Waals surface area contributed by atoms with E-state index in [9.17, 15) is 9.59 Å². The summed E-state index contributed by atoms with van der Waals surface area (Å²) in [5, 5.41) is 0.802. The van der Waals surface area contributed by atoms with Crippen molar-refractivity contribution in [3.05, 3.63) is 71.9 Å². The lowest BCUT2D eigenvalue weighted by Gasteiger charge is -1.98. The zero-order chi connectivity index (χ0) is 14.1. The molecule has 0 radical (unpaired) electrons. The van der Waals surface area contributed by atoms with Gasteiger partial charge in [-0.2, -0.15) is 0 Å². The molecule has 0 atom stereocenters. The summed E-state index contributed by atoms with van der Waals surface area (Å²) < 4.78 is 1.52. The lowest BCUT2D eigenvalue weighted by molar-refractivity contribution is 0.0941. The van der Waals surface area contributed by atoms with Crippen molar-refractivity contribution >= 4 is 22.6 Å². The number of aromatic nitrogens is 1. The molecule has 0 fully saturated rings. The van der Waals surface area contributed by atoms with Gasteiger partial charge < -0.3 is 0 Å². The fraction of sp³-hybridized carbons (Fsp3) is 0.0588. The molecule has 1 heterocycles. The van der Waals surface area contributed by atoms with Crippen molar-refractivity contribution in [3.63, 3.8) is 0 Å². The van der Waals surface area contributed by atoms with E-state index in [2.05, 4.69) is 0 Å². The molecule has 2 aromatic carbocycles. The van der Waals surface area contributed by atoms with Gasteiger partial charge in [0, 0.05) is 29.6 Å². The van der Waals surface area contributed by atoms with Crippen LogP contribution >= 0.6 is 0 Å². The van der Waals surface area contributed by atoms with Crippen LogP contribution < -0.4 is 0 Å². The normalized spacial score (nSPS) is 10.7. The second-order valence-electron chi connectivity index (χ2n) is 4.64. The molecule has 20 heavy (non-hydrogen) atoms. The second-order valence-corrected chi connectivity index (χ2v) is 4.64. The molecule has 0 aliphatic rings. The average molecular weight is 263 g/mol. The summed E-state index contributed by atoms with van der Waals surface area (Å²) in [5.74, 6) is -0.171. The van der Waals surface area contributed by atoms with Crippen molar-refractivity contribution in [1.29, 1.82) is 0 Å². The zero-order valence-corrected chi connectivity index (χ0v) is 11.0. The highest BCUT2D eigenvalue weighted by molar-refractivity contribution is 6.17. The number of hydrogen-bond acceptors (Lipinski definition) is 2. The van der Waals surface area contributed by atoms with Gasteiger partial charge in [-0.05, 0) is 6.07 Å². The van der Waals surface area contributed by atoms with Crippen molar-refractivity contribution < 1.29 is 9.59 Å². The Hall–Kier alpha value is -2.68. The van der Waals surface area contributed by atoms with Gasteiger partial charge in [-0.25, -0.2) is 0 Å². The van der Waals surface area contributed by atoms with Crippen molar-refractivity contribution in [2.24, 2.45) is 0 Å². The number of carbonyl (C=O) groups excluding carboxylic acids is 2. The van der Waals surface area contributed by atoms with Gasteiger partial charge >= 0.3 is 0 Å². The minimum absolute atomic E-state index is 0.0678. The van der Waals surface area contributed by atoms with E-state index >= 15 is 0 Å². The number of para-hydroxylation sites is 1. The molecule has 3 heteroatoms. The Morgan fingerprint density at radius 2 is 1.55 bits per heavy atom. The maximum atomic E-state index is 12.6. The third kappa shape index (κ3) is 1.93. The lowest BCUT2D eigenvalue weighted by atomic mass is 10.0. The second kappa shape index (κ2) is 4.78. The highest BCUT2D eigenvalue weighted by Gasteiger charge is 2.17. The Morgan fingerprint density at radius 3 is 2.25 bits per heavy atom. The van der Waals surface area contributed by atoms with Gasteiger partial charge in [-0.1, -0.05) is 48.5 Å². The summed E-state index contributed by atoms with van der Waals surface area (Å²) in [6, 6.07) is 16.5. The van der Waals surface area contributed by atoms with Crippen molar-refractivity contribution in [2.75, 3.05) is 0 Å². The van der Waals surface area contributed by atoms with Gasteiger partial charge in [0.15, 0.2) is 5.78 Å². The molecule has 1 aromatic heterocycles. The standard InChI is InChI=1S/C17H13NO2/c1-12(19)18-11-15(14-9-5-6-10-16(14)18)17(20)13-7-3-2-4-8-13/h2-11H,1H3. The van der Waals surface area contributed by atoms with Crippen molar-refractivity contribution in [3.8, 4) is 0 Å². The summed E-state index contributed by atoms with van der Waals surface area (Å²) in [4.78, 5) is 24.3. The predicted molar refractivity (Wildman–Crippen MR) is 78.1 cm³/mol. The van der Waals surface area contributed by atoms with E-state index in [1.165, 1.54) is 11.5 Å². The van der Waals surface area contributed by atoms with Crippen LogP contribution in [0.2, 0.25) is 0 Å². The Balaban J connectivity index is 2.22. The fourth-order valence-electron chi connectivity index (χ4n) is 2.37. The molecule has 3 rings (SSSR count). The molecule has 0 N–H and O–H groups in total. The molecule has 0 bridgehead atoms. The summed E-state index contributed by atoms with van der Waals surface area (Å²) in [5.41, 5.74) is 1.94. The molecule has 3 nitrogen and oxygen atoms in total. The smallest absolute Gasteiger partial charge is 0.227 e. The van der Waals surface area contributed by atoms with Crippen LogP contribution in [0.5, 0.6) is 0 Å². The van der Waals surface area contributed by atoms with Crippen LogP contribution in [0.1, 0.15) is 27.6 Å². The molecule has 0 spiro atoms. The number of benzene rings is 2. The van der Waals surface area contributed by atoms with E-state index < -0.39 is 0 Å². The first-order valence-electron chi connectivity index (χ1n) is 6.39. The first-order valence-corrected chi connectivity index (χ1v) is 6.39. The van der Waals surface area contributed by atoms with Crippen LogP contribution in [-0.4, -0.2) is 16.3 Å². The van der Waals surface area contributed by atoms with Gasteiger partial charge in [-0.3, -0.25) is 14.2 Å². The van der Waals surface area contributed by atoms with E-state index in [4.69, 9.17) is 0 Å². The van der Waals surface area contributed by atoms with Crippen LogP contribution in [0.15, 0.2) is 60.8 Å². The quantitative estimate of drug-likeness (QED) is 0.663. The molecular weight excluding hydrogens is 250 g/mol. The Kier molecular flexibility index (Phi) is 2.95. The molecular formula is C17H13NO2. The third-order valence-corrected chi connectivity index (χ3v) is 3.33. The van der Waals surface area contributed by atoms with Gasteiger partial charge in [-0.15, -0.1) is 0 Å². The van der Waals surface area contributed by atoms with Gasteiger partial charge in [0.2, 0.25) is 5.91 Å². The van der Waals surface area contributed by atoms with E-state index in [0.717, 1.165) is 10.9 Å². The molecule has 0 aliphatic carbocycles. The Labute approximate surface area is 116 Å². The number of rotatable bonds is 2. The third-order valence-electron chi connectivity index (χ3n) is 3.33. The zero-order valence-electron chi connectivity index (χ0n) is 11.0. The van der Waals surface area contributed by atoms with Crippen LogP contribution in [-0.2, 0) is 0 Å². The maximum Gasteiger partial charge on any atom is 0.227 e. The van der Waals surface area contributed by atoms with Gasteiger partial charge in [0.05, 0.1) is 5.52 Å². The lowest BCUT2D eigenvalue weighted by Crippen LogP contribution is -2.04. The Bertz CT molecular complexity index is 800. The topological polar surface area (TPSA) is 39.1 Å². The predicted octanol–water partition coefficient (Wildman–Crippen LogP) is 3.53. The molecule has 0 saturated heterocycles. The van der Waals surface area contributed by atoms with Crippen molar-refractivity contribution in [2.45, 2.75) is 6.92 Å². The minimum Gasteiger partial charge on any atom is -0.289 e. The SMILES string of the molecule is CC(=O)n1cc(C(=O)c2ccccc2)c2ccccc21. The number of fused-ring (bicyclic) bond motifs is 1. The maximum absolute atomic E-state index is 12.6. The molecule has 0 aliphatic heterocycles. The molecule has 98 valence electrons. The molecule has 0 unspecified atom stereocenters. The van der Waals surface area contributed by atoms with E-state index in [1.54, 1.807) is 18.3 Å². The summed E-state index contributed by atoms with van der Waals surface area (Å²) >= 11 is 0. The first-order chi connectivity index (χ1) is 9.68. The first kappa shape index (κ1) is 12.4. The Morgan fingerprint density at radius 1 is 0.900 bits per heavy atom. The number of ketones is 1.